The number of unbranched alkanes of at least 4 members (excludes halogenated alkanes) is 13. The molecule has 1 aliphatic heterocycles. The van der Waals surface area contributed by atoms with Crippen LogP contribution in [-0.2, 0) is 9.47 Å². The van der Waals surface area contributed by atoms with Crippen LogP contribution >= 0.6 is 11.8 Å². The van der Waals surface area contributed by atoms with Gasteiger partial charge in [-0.3, -0.25) is 0 Å². The minimum atomic E-state index is -1.22. The lowest BCUT2D eigenvalue weighted by Crippen LogP contribution is -2.58. The van der Waals surface area contributed by atoms with E-state index >= 15 is 0 Å². The quantitative estimate of drug-likeness (QED) is 0.272. The highest BCUT2D eigenvalue weighted by molar-refractivity contribution is 7.99. The van der Waals surface area contributed by atoms with Crippen molar-refractivity contribution in [1.82, 2.24) is 0 Å². The average molecular weight is 435 g/mol. The number of hydrogen-bond acceptors (Lipinski definition) is 6. The molecular formula is C23H46O5S. The number of rotatable bonds is 18. The van der Waals surface area contributed by atoms with Gasteiger partial charge in [0.15, 0.2) is 6.29 Å². The van der Waals surface area contributed by atoms with Gasteiger partial charge in [0.05, 0.1) is 6.10 Å². The standard InChI is InChI=1S/C23H46O5S/c1-3-4-5-6-7-8-9-10-11-12-13-14-15-16-17-29-18-19-20(24)21(25)22(26)23(27-2)28-19/h19-26H,3-18H2,1-2H3/t19-,20-,21+,22-,23+/m1/s1. The Hall–Kier alpha value is 0.150. The Morgan fingerprint density at radius 3 is 1.66 bits per heavy atom. The topological polar surface area (TPSA) is 79.2 Å². The van der Waals surface area contributed by atoms with E-state index in [1.807, 2.05) is 0 Å². The summed E-state index contributed by atoms with van der Waals surface area (Å²) in [4.78, 5) is 0. The lowest BCUT2D eigenvalue weighted by Gasteiger charge is -2.39. The highest BCUT2D eigenvalue weighted by atomic mass is 32.2. The lowest BCUT2D eigenvalue weighted by atomic mass is 10.00. The Morgan fingerprint density at radius 1 is 0.690 bits per heavy atom. The van der Waals surface area contributed by atoms with Crippen molar-refractivity contribution >= 4 is 11.8 Å². The number of ether oxygens (including phenoxy) is 2. The second-order valence-corrected chi connectivity index (χ2v) is 9.57. The number of hydrogen-bond donors (Lipinski definition) is 3. The van der Waals surface area contributed by atoms with Gasteiger partial charge < -0.3 is 24.8 Å². The van der Waals surface area contributed by atoms with Crippen LogP contribution in [0, 0.1) is 0 Å². The van der Waals surface area contributed by atoms with Crippen molar-refractivity contribution in [3.63, 3.8) is 0 Å². The van der Waals surface area contributed by atoms with E-state index in [1.165, 1.54) is 97.0 Å². The molecule has 0 aromatic rings. The normalized spacial score (nSPS) is 27.4. The SMILES string of the molecule is CCCCCCCCCCCCCCCCSC[C@H]1O[C@H](OC)[C@H](O)[C@@H](O)[C@@H]1O. The number of aliphatic hydroxyl groups is 3. The van der Waals surface area contributed by atoms with Crippen molar-refractivity contribution in [3.8, 4) is 0 Å². The van der Waals surface area contributed by atoms with Gasteiger partial charge in [0.25, 0.3) is 0 Å². The van der Waals surface area contributed by atoms with Crippen LogP contribution in [-0.4, -0.2) is 64.6 Å². The summed E-state index contributed by atoms with van der Waals surface area (Å²) < 4.78 is 10.6. The van der Waals surface area contributed by atoms with Gasteiger partial charge in [-0.05, 0) is 12.2 Å². The first-order chi connectivity index (χ1) is 14.1. The molecule has 1 aliphatic rings. The molecule has 1 fully saturated rings. The molecule has 1 saturated heterocycles. The van der Waals surface area contributed by atoms with E-state index < -0.39 is 30.7 Å². The monoisotopic (exact) mass is 434 g/mol. The minimum Gasteiger partial charge on any atom is -0.388 e. The first kappa shape index (κ1) is 27.2. The predicted molar refractivity (Wildman–Crippen MR) is 121 cm³/mol. The van der Waals surface area contributed by atoms with Crippen molar-refractivity contribution in [2.45, 2.75) is 128 Å². The van der Waals surface area contributed by atoms with Gasteiger partial charge in [-0.25, -0.2) is 0 Å². The number of methoxy groups -OCH3 is 1. The molecule has 0 bridgehead atoms. The van der Waals surface area contributed by atoms with E-state index in [0.29, 0.717) is 5.75 Å². The van der Waals surface area contributed by atoms with Gasteiger partial charge >= 0.3 is 0 Å². The Kier molecular flexibility index (Phi) is 16.7. The van der Waals surface area contributed by atoms with E-state index in [0.717, 1.165) is 5.75 Å². The van der Waals surface area contributed by atoms with Gasteiger partial charge in [-0.2, -0.15) is 11.8 Å². The third-order valence-electron chi connectivity index (χ3n) is 5.83. The summed E-state index contributed by atoms with van der Waals surface area (Å²) in [6, 6.07) is 0. The van der Waals surface area contributed by atoms with Crippen LogP contribution in [0.4, 0.5) is 0 Å². The van der Waals surface area contributed by atoms with Crippen LogP contribution in [0.25, 0.3) is 0 Å². The molecular weight excluding hydrogens is 388 g/mol. The maximum absolute atomic E-state index is 10.0. The fraction of sp³-hybridized carbons (Fsp3) is 1.00. The summed E-state index contributed by atoms with van der Waals surface area (Å²) in [7, 11) is 1.43. The molecule has 1 rings (SSSR count). The molecule has 0 aliphatic carbocycles. The molecule has 29 heavy (non-hydrogen) atoms. The van der Waals surface area contributed by atoms with Gasteiger partial charge in [0, 0.05) is 12.9 Å². The fourth-order valence-corrected chi connectivity index (χ4v) is 4.93. The average Bonchev–Trinajstić information content (AvgIpc) is 2.73. The molecule has 174 valence electrons. The van der Waals surface area contributed by atoms with E-state index in [2.05, 4.69) is 6.92 Å². The molecule has 5 atom stereocenters. The minimum absolute atomic E-state index is 0.505. The number of aliphatic hydroxyl groups excluding tert-OH is 3. The molecule has 0 aromatic carbocycles. The summed E-state index contributed by atoms with van der Waals surface area (Å²) in [5.74, 6) is 1.63. The smallest absolute Gasteiger partial charge is 0.186 e. The van der Waals surface area contributed by atoms with Gasteiger partial charge in [0.1, 0.15) is 18.3 Å². The third-order valence-corrected chi connectivity index (χ3v) is 6.97. The van der Waals surface area contributed by atoms with Gasteiger partial charge in [0.2, 0.25) is 0 Å². The molecule has 5 nitrogen and oxygen atoms in total. The zero-order chi connectivity index (χ0) is 21.3. The summed E-state index contributed by atoms with van der Waals surface area (Å²) in [5.41, 5.74) is 0. The Morgan fingerprint density at radius 2 is 1.17 bits per heavy atom. The Labute approximate surface area is 182 Å². The largest absolute Gasteiger partial charge is 0.388 e. The van der Waals surface area contributed by atoms with Crippen LogP contribution in [0.2, 0.25) is 0 Å². The molecule has 0 unspecified atom stereocenters. The zero-order valence-electron chi connectivity index (χ0n) is 18.8. The second-order valence-electron chi connectivity index (χ2n) is 8.42. The molecule has 0 amide bonds. The maximum atomic E-state index is 10.0. The third kappa shape index (κ3) is 11.9. The highest BCUT2D eigenvalue weighted by Crippen LogP contribution is 2.24. The first-order valence-corrected chi connectivity index (χ1v) is 13.1. The predicted octanol–water partition coefficient (Wildman–Crippen LogP) is 4.65. The van der Waals surface area contributed by atoms with Crippen molar-refractivity contribution in [1.29, 1.82) is 0 Å². The Bertz CT molecular complexity index is 369. The van der Waals surface area contributed by atoms with Crippen LogP contribution in [0.3, 0.4) is 0 Å². The molecule has 3 N–H and O–H groups in total. The van der Waals surface area contributed by atoms with E-state index in [1.54, 1.807) is 11.8 Å². The molecule has 6 heteroatoms. The summed E-state index contributed by atoms with van der Waals surface area (Å²) >= 11 is 1.73. The lowest BCUT2D eigenvalue weighted by molar-refractivity contribution is -0.284. The van der Waals surface area contributed by atoms with Crippen molar-refractivity contribution in [3.05, 3.63) is 0 Å². The van der Waals surface area contributed by atoms with Gasteiger partial charge in [-0.15, -0.1) is 0 Å². The van der Waals surface area contributed by atoms with E-state index in [4.69, 9.17) is 9.47 Å². The molecule has 0 spiro atoms. The van der Waals surface area contributed by atoms with Crippen molar-refractivity contribution in [2.24, 2.45) is 0 Å². The highest BCUT2D eigenvalue weighted by Gasteiger charge is 2.43. The molecule has 0 saturated carbocycles. The summed E-state index contributed by atoms with van der Waals surface area (Å²) in [6.07, 6.45) is 14.2. The van der Waals surface area contributed by atoms with E-state index in [-0.39, 0.29) is 0 Å². The van der Waals surface area contributed by atoms with Crippen molar-refractivity contribution in [2.75, 3.05) is 18.6 Å². The zero-order valence-corrected chi connectivity index (χ0v) is 19.6. The summed E-state index contributed by atoms with van der Waals surface area (Å²) in [6.45, 7) is 2.27. The summed E-state index contributed by atoms with van der Waals surface area (Å²) in [5, 5.41) is 29.7. The van der Waals surface area contributed by atoms with Crippen LogP contribution in [0.1, 0.15) is 96.8 Å². The van der Waals surface area contributed by atoms with Crippen LogP contribution in [0.5, 0.6) is 0 Å². The van der Waals surface area contributed by atoms with E-state index in [9.17, 15) is 15.3 Å². The van der Waals surface area contributed by atoms with Gasteiger partial charge in [-0.1, -0.05) is 90.4 Å². The molecule has 1 heterocycles. The molecule has 0 radical (unpaired) electrons. The van der Waals surface area contributed by atoms with Crippen molar-refractivity contribution < 1.29 is 24.8 Å². The maximum Gasteiger partial charge on any atom is 0.186 e. The Balaban J connectivity index is 1.88. The first-order valence-electron chi connectivity index (χ1n) is 11.9. The second kappa shape index (κ2) is 17.8. The molecule has 0 aromatic heterocycles. The van der Waals surface area contributed by atoms with Crippen LogP contribution in [0.15, 0.2) is 0 Å². The number of thioether (sulfide) groups is 1. The fourth-order valence-electron chi connectivity index (χ4n) is 3.85. The van der Waals surface area contributed by atoms with Crippen LogP contribution < -0.4 is 0 Å².